The summed E-state index contributed by atoms with van der Waals surface area (Å²) in [5.41, 5.74) is 0.640. The van der Waals surface area contributed by atoms with E-state index in [4.69, 9.17) is 27.9 Å². The summed E-state index contributed by atoms with van der Waals surface area (Å²) in [7, 11) is -3.90. The summed E-state index contributed by atoms with van der Waals surface area (Å²) >= 11 is 12.0. The van der Waals surface area contributed by atoms with Crippen LogP contribution >= 0.6 is 23.2 Å². The van der Waals surface area contributed by atoms with E-state index in [1.54, 1.807) is 30.3 Å². The fourth-order valence-corrected chi connectivity index (χ4v) is 5.84. The van der Waals surface area contributed by atoms with E-state index in [9.17, 15) is 18.5 Å². The van der Waals surface area contributed by atoms with Crippen LogP contribution in [0.5, 0.6) is 5.75 Å². The zero-order valence-electron chi connectivity index (χ0n) is 18.8. The van der Waals surface area contributed by atoms with Gasteiger partial charge in [0.2, 0.25) is 10.0 Å². The van der Waals surface area contributed by atoms with Crippen molar-refractivity contribution >= 4 is 39.3 Å². The number of hydrogen-bond donors (Lipinski definition) is 2. The Morgan fingerprint density at radius 1 is 1.18 bits per heavy atom. The number of nitriles is 1. The van der Waals surface area contributed by atoms with Crippen LogP contribution < -0.4 is 15.4 Å². The van der Waals surface area contributed by atoms with E-state index in [0.29, 0.717) is 34.2 Å². The Bertz CT molecular complexity index is 1170. The number of ether oxygens (including phenoxy) is 1. The average Bonchev–Trinajstić information content (AvgIpc) is 2.76. The number of urea groups is 1. The number of sulfonamides is 1. The molecule has 1 fully saturated rings. The molecule has 0 saturated carbocycles. The molecule has 11 heteroatoms. The van der Waals surface area contributed by atoms with E-state index in [1.165, 1.54) is 10.4 Å². The van der Waals surface area contributed by atoms with E-state index in [1.807, 2.05) is 19.9 Å². The van der Waals surface area contributed by atoms with Crippen molar-refractivity contribution in [3.63, 3.8) is 0 Å². The minimum Gasteiger partial charge on any atom is -0.489 e. The molecule has 0 radical (unpaired) electrons. The van der Waals surface area contributed by atoms with E-state index in [-0.39, 0.29) is 48.3 Å². The number of carbonyl (C=O) groups excluding carboxylic acids is 1. The van der Waals surface area contributed by atoms with Gasteiger partial charge < -0.3 is 15.4 Å². The van der Waals surface area contributed by atoms with Gasteiger partial charge in [0.15, 0.2) is 0 Å². The fourth-order valence-electron chi connectivity index (χ4n) is 3.63. The number of benzene rings is 2. The van der Waals surface area contributed by atoms with Crippen molar-refractivity contribution in [1.29, 1.82) is 5.26 Å². The molecule has 1 saturated heterocycles. The van der Waals surface area contributed by atoms with E-state index < -0.39 is 10.0 Å². The molecule has 2 aromatic rings. The molecule has 8 nitrogen and oxygen atoms in total. The molecule has 0 unspecified atom stereocenters. The molecule has 0 aliphatic carbocycles. The predicted molar refractivity (Wildman–Crippen MR) is 131 cm³/mol. The van der Waals surface area contributed by atoms with E-state index >= 15 is 0 Å². The standard InChI is InChI=1S/C23H26Cl2N4O4S/c1-15(2)27-23(30)28-20-5-7-29(8-6-20)34(31,32)22-9-16(13-26)3-4-17(22)14-33-21-11-18(24)10-19(25)12-21/h3-4,9-12,15,20H,5-8,14H2,1-2H3,(H2,27,28,30). The summed E-state index contributed by atoms with van der Waals surface area (Å²) in [5.74, 6) is 0.400. The first-order valence-electron chi connectivity index (χ1n) is 10.8. The van der Waals surface area contributed by atoms with Crippen LogP contribution in [0.2, 0.25) is 10.0 Å². The Hall–Kier alpha value is -2.51. The second kappa shape index (κ2) is 11.3. The zero-order chi connectivity index (χ0) is 24.9. The molecule has 1 aliphatic heterocycles. The molecule has 0 aromatic heterocycles. The lowest BCUT2D eigenvalue weighted by molar-refractivity contribution is 0.225. The quantitative estimate of drug-likeness (QED) is 0.560. The SMILES string of the molecule is CC(C)NC(=O)NC1CCN(S(=O)(=O)c2cc(C#N)ccc2COc2cc(Cl)cc(Cl)c2)CC1. The first-order chi connectivity index (χ1) is 16.1. The third-order valence-electron chi connectivity index (χ3n) is 5.25. The van der Waals surface area contributed by atoms with Gasteiger partial charge in [-0.05, 0) is 57.0 Å². The van der Waals surface area contributed by atoms with Crippen molar-refractivity contribution in [3.05, 3.63) is 57.6 Å². The maximum absolute atomic E-state index is 13.5. The van der Waals surface area contributed by atoms with Crippen molar-refractivity contribution < 1.29 is 17.9 Å². The molecule has 0 spiro atoms. The van der Waals surface area contributed by atoms with Crippen LogP contribution in [-0.4, -0.2) is 43.9 Å². The molecule has 182 valence electrons. The number of carbonyl (C=O) groups is 1. The highest BCUT2D eigenvalue weighted by atomic mass is 35.5. The van der Waals surface area contributed by atoms with Gasteiger partial charge in [-0.25, -0.2) is 13.2 Å². The van der Waals surface area contributed by atoms with Crippen molar-refractivity contribution in [3.8, 4) is 11.8 Å². The first-order valence-corrected chi connectivity index (χ1v) is 13.0. The minimum absolute atomic E-state index is 0.0106. The molecule has 2 aromatic carbocycles. The number of rotatable bonds is 7. The number of nitrogens with zero attached hydrogens (tertiary/aromatic N) is 2. The van der Waals surface area contributed by atoms with Gasteiger partial charge >= 0.3 is 6.03 Å². The highest BCUT2D eigenvalue weighted by Crippen LogP contribution is 2.28. The summed E-state index contributed by atoms with van der Waals surface area (Å²) in [5, 5.41) is 15.8. The molecule has 2 amide bonds. The summed E-state index contributed by atoms with van der Waals surface area (Å²) in [6.07, 6.45) is 0.963. The normalized spacial score (nSPS) is 15.1. The van der Waals surface area contributed by atoms with Gasteiger partial charge in [0.25, 0.3) is 0 Å². The van der Waals surface area contributed by atoms with Crippen molar-refractivity contribution in [2.45, 2.75) is 50.3 Å². The lowest BCUT2D eigenvalue weighted by Gasteiger charge is -2.32. The third-order valence-corrected chi connectivity index (χ3v) is 7.67. The Morgan fingerprint density at radius 2 is 1.82 bits per heavy atom. The number of hydrogen-bond acceptors (Lipinski definition) is 5. The second-order valence-corrected chi connectivity index (χ2v) is 11.1. The van der Waals surface area contributed by atoms with Crippen molar-refractivity contribution in [1.82, 2.24) is 14.9 Å². The van der Waals surface area contributed by atoms with Crippen molar-refractivity contribution in [2.75, 3.05) is 13.1 Å². The molecule has 2 N–H and O–H groups in total. The topological polar surface area (TPSA) is 112 Å². The van der Waals surface area contributed by atoms with Crippen LogP contribution in [0.1, 0.15) is 37.8 Å². The van der Waals surface area contributed by atoms with Crippen LogP contribution in [0.15, 0.2) is 41.3 Å². The highest BCUT2D eigenvalue weighted by Gasteiger charge is 2.32. The van der Waals surface area contributed by atoms with E-state index in [2.05, 4.69) is 10.6 Å². The molecule has 34 heavy (non-hydrogen) atoms. The largest absolute Gasteiger partial charge is 0.489 e. The van der Waals surface area contributed by atoms with Crippen LogP contribution in [0.4, 0.5) is 4.79 Å². The predicted octanol–water partition coefficient (Wildman–Crippen LogP) is 4.30. The zero-order valence-corrected chi connectivity index (χ0v) is 21.2. The number of amides is 2. The second-order valence-electron chi connectivity index (χ2n) is 8.28. The molecule has 0 bridgehead atoms. The van der Waals surface area contributed by atoms with Gasteiger partial charge in [0.1, 0.15) is 12.4 Å². The highest BCUT2D eigenvalue weighted by molar-refractivity contribution is 7.89. The monoisotopic (exact) mass is 524 g/mol. The average molecular weight is 525 g/mol. The summed E-state index contributed by atoms with van der Waals surface area (Å²) < 4.78 is 34.1. The minimum atomic E-state index is -3.90. The molecular formula is C23H26Cl2N4O4S. The fraction of sp³-hybridized carbons (Fsp3) is 0.391. The van der Waals surface area contributed by atoms with Crippen LogP contribution in [0.3, 0.4) is 0 Å². The Morgan fingerprint density at radius 3 is 2.41 bits per heavy atom. The van der Waals surface area contributed by atoms with Crippen LogP contribution in [-0.2, 0) is 16.6 Å². The van der Waals surface area contributed by atoms with Crippen LogP contribution in [0, 0.1) is 11.3 Å². The Balaban J connectivity index is 1.75. The van der Waals surface area contributed by atoms with Gasteiger partial charge in [0, 0.05) is 40.8 Å². The van der Waals surface area contributed by atoms with Gasteiger partial charge in [0.05, 0.1) is 16.5 Å². The third kappa shape index (κ3) is 6.76. The number of piperidine rings is 1. The van der Waals surface area contributed by atoms with Gasteiger partial charge in [-0.15, -0.1) is 0 Å². The smallest absolute Gasteiger partial charge is 0.315 e. The molecule has 1 heterocycles. The van der Waals surface area contributed by atoms with Crippen molar-refractivity contribution in [2.24, 2.45) is 0 Å². The number of nitrogens with one attached hydrogen (secondary N) is 2. The van der Waals surface area contributed by atoms with E-state index in [0.717, 1.165) is 0 Å². The maximum Gasteiger partial charge on any atom is 0.315 e. The Labute approximate surface area is 209 Å². The lowest BCUT2D eigenvalue weighted by Crippen LogP contribution is -2.50. The van der Waals surface area contributed by atoms with Crippen LogP contribution in [0.25, 0.3) is 0 Å². The Kier molecular flexibility index (Phi) is 8.66. The van der Waals surface area contributed by atoms with Gasteiger partial charge in [-0.2, -0.15) is 9.57 Å². The number of halogens is 2. The van der Waals surface area contributed by atoms with Gasteiger partial charge in [-0.3, -0.25) is 0 Å². The molecular weight excluding hydrogens is 499 g/mol. The first kappa shape index (κ1) is 26.1. The maximum atomic E-state index is 13.5. The summed E-state index contributed by atoms with van der Waals surface area (Å²) in [6, 6.07) is 10.8. The molecule has 1 aliphatic rings. The van der Waals surface area contributed by atoms with Gasteiger partial charge in [-0.1, -0.05) is 29.3 Å². The summed E-state index contributed by atoms with van der Waals surface area (Å²) in [4.78, 5) is 12.0. The lowest BCUT2D eigenvalue weighted by atomic mass is 10.1. The summed E-state index contributed by atoms with van der Waals surface area (Å²) in [6.45, 7) is 4.18. The molecule has 0 atom stereocenters. The molecule has 3 rings (SSSR count).